The first-order valence-electron chi connectivity index (χ1n) is 4.74. The molecule has 15 heavy (non-hydrogen) atoms. The molecule has 0 aromatic heterocycles. The van der Waals surface area contributed by atoms with Crippen LogP contribution in [-0.4, -0.2) is 19.4 Å². The van der Waals surface area contributed by atoms with Gasteiger partial charge in [0, 0.05) is 19.0 Å². The van der Waals surface area contributed by atoms with E-state index in [9.17, 15) is 8.78 Å². The van der Waals surface area contributed by atoms with Crippen LogP contribution in [0.3, 0.4) is 0 Å². The van der Waals surface area contributed by atoms with Crippen LogP contribution >= 0.6 is 0 Å². The molecule has 0 atom stereocenters. The van der Waals surface area contributed by atoms with Gasteiger partial charge in [-0.3, -0.25) is 0 Å². The van der Waals surface area contributed by atoms with E-state index in [2.05, 4.69) is 14.8 Å². The van der Waals surface area contributed by atoms with Gasteiger partial charge in [-0.25, -0.2) is 0 Å². The van der Waals surface area contributed by atoms with E-state index in [1.807, 2.05) is 0 Å². The van der Waals surface area contributed by atoms with Gasteiger partial charge in [-0.2, -0.15) is 0 Å². The van der Waals surface area contributed by atoms with Crippen LogP contribution in [0.4, 0.5) is 8.78 Å². The molecule has 0 bridgehead atoms. The van der Waals surface area contributed by atoms with Crippen molar-refractivity contribution in [1.82, 2.24) is 5.32 Å². The fraction of sp³-hybridized carbons (Fsp3) is 0.400. The van der Waals surface area contributed by atoms with Crippen molar-refractivity contribution in [2.75, 3.05) is 13.1 Å². The van der Waals surface area contributed by atoms with E-state index in [0.29, 0.717) is 5.92 Å². The SMILES string of the molecule is FC1(F)Oc2ccc(C3CNC3)cc2O1. The second-order valence-electron chi connectivity index (χ2n) is 3.73. The average molecular weight is 213 g/mol. The highest BCUT2D eigenvalue weighted by atomic mass is 19.3. The number of hydrogen-bond acceptors (Lipinski definition) is 3. The van der Waals surface area contributed by atoms with Gasteiger partial charge in [0.05, 0.1) is 0 Å². The highest BCUT2D eigenvalue weighted by Crippen LogP contribution is 2.42. The Morgan fingerprint density at radius 3 is 2.60 bits per heavy atom. The molecule has 0 spiro atoms. The number of hydrogen-bond donors (Lipinski definition) is 1. The summed E-state index contributed by atoms with van der Waals surface area (Å²) in [5.74, 6) is 0.633. The lowest BCUT2D eigenvalue weighted by Gasteiger charge is -2.27. The minimum atomic E-state index is -3.52. The molecule has 1 N–H and O–H groups in total. The highest BCUT2D eigenvalue weighted by molar-refractivity contribution is 5.46. The minimum absolute atomic E-state index is 0.107. The largest absolute Gasteiger partial charge is 0.586 e. The Labute approximate surface area is 85.0 Å². The summed E-state index contributed by atoms with van der Waals surface area (Å²) < 4.78 is 34.1. The normalized spacial score (nSPS) is 22.5. The fourth-order valence-electron chi connectivity index (χ4n) is 1.74. The molecule has 0 aliphatic carbocycles. The van der Waals surface area contributed by atoms with Crippen molar-refractivity contribution < 1.29 is 18.3 Å². The molecule has 2 heterocycles. The van der Waals surface area contributed by atoms with Crippen LogP contribution in [0.25, 0.3) is 0 Å². The van der Waals surface area contributed by atoms with Crippen LogP contribution in [-0.2, 0) is 0 Å². The molecule has 80 valence electrons. The zero-order valence-electron chi connectivity index (χ0n) is 7.80. The third-order valence-electron chi connectivity index (χ3n) is 2.68. The van der Waals surface area contributed by atoms with Crippen molar-refractivity contribution >= 4 is 0 Å². The first-order chi connectivity index (χ1) is 7.14. The average Bonchev–Trinajstić information content (AvgIpc) is 2.34. The molecule has 2 aliphatic heterocycles. The summed E-state index contributed by atoms with van der Waals surface area (Å²) >= 11 is 0. The van der Waals surface area contributed by atoms with Crippen molar-refractivity contribution in [3.8, 4) is 11.5 Å². The highest BCUT2D eigenvalue weighted by Gasteiger charge is 2.43. The van der Waals surface area contributed by atoms with Crippen molar-refractivity contribution in [2.24, 2.45) is 0 Å². The molecular formula is C10H9F2NO2. The van der Waals surface area contributed by atoms with Gasteiger partial charge >= 0.3 is 6.29 Å². The van der Waals surface area contributed by atoms with E-state index in [4.69, 9.17) is 0 Å². The van der Waals surface area contributed by atoms with Crippen LogP contribution < -0.4 is 14.8 Å². The van der Waals surface area contributed by atoms with Crippen LogP contribution in [0.5, 0.6) is 11.5 Å². The Morgan fingerprint density at radius 2 is 1.93 bits per heavy atom. The topological polar surface area (TPSA) is 30.5 Å². The number of halogens is 2. The molecule has 0 amide bonds. The van der Waals surface area contributed by atoms with Crippen molar-refractivity contribution in [3.05, 3.63) is 23.8 Å². The maximum atomic E-state index is 12.7. The van der Waals surface area contributed by atoms with Gasteiger partial charge in [-0.05, 0) is 17.7 Å². The van der Waals surface area contributed by atoms with Crippen LogP contribution in [0.15, 0.2) is 18.2 Å². The van der Waals surface area contributed by atoms with Gasteiger partial charge in [0.25, 0.3) is 0 Å². The maximum absolute atomic E-state index is 12.7. The first kappa shape index (κ1) is 8.91. The summed E-state index contributed by atoms with van der Waals surface area (Å²) in [4.78, 5) is 0. The number of benzene rings is 1. The van der Waals surface area contributed by atoms with E-state index >= 15 is 0 Å². The zero-order chi connectivity index (χ0) is 10.5. The molecule has 0 unspecified atom stereocenters. The van der Waals surface area contributed by atoms with Crippen LogP contribution in [0.2, 0.25) is 0 Å². The Balaban J connectivity index is 1.91. The van der Waals surface area contributed by atoms with Crippen LogP contribution in [0, 0.1) is 0 Å². The summed E-state index contributed by atoms with van der Waals surface area (Å²) in [6.45, 7) is 1.77. The van der Waals surface area contributed by atoms with E-state index < -0.39 is 6.29 Å². The second kappa shape index (κ2) is 2.82. The van der Waals surface area contributed by atoms with Gasteiger partial charge in [0.2, 0.25) is 0 Å². The van der Waals surface area contributed by atoms with E-state index in [1.54, 1.807) is 12.1 Å². The van der Waals surface area contributed by atoms with Gasteiger partial charge < -0.3 is 14.8 Å². The zero-order valence-corrected chi connectivity index (χ0v) is 7.80. The maximum Gasteiger partial charge on any atom is 0.586 e. The molecule has 2 aliphatic rings. The summed E-state index contributed by atoms with van der Waals surface area (Å²) in [6.07, 6.45) is -3.52. The molecule has 3 rings (SSSR count). The summed E-state index contributed by atoms with van der Waals surface area (Å²) in [6, 6.07) is 4.96. The van der Waals surface area contributed by atoms with Crippen LogP contribution in [0.1, 0.15) is 11.5 Å². The summed E-state index contributed by atoms with van der Waals surface area (Å²) in [5, 5.41) is 3.12. The second-order valence-corrected chi connectivity index (χ2v) is 3.73. The molecule has 1 aromatic rings. The van der Waals surface area contributed by atoms with Gasteiger partial charge in [-0.1, -0.05) is 6.07 Å². The van der Waals surface area contributed by atoms with E-state index in [0.717, 1.165) is 18.7 Å². The van der Waals surface area contributed by atoms with Gasteiger partial charge in [0.1, 0.15) is 0 Å². The molecule has 5 heteroatoms. The Kier molecular flexibility index (Phi) is 1.68. The molecule has 1 aromatic carbocycles. The van der Waals surface area contributed by atoms with E-state index in [1.165, 1.54) is 6.07 Å². The lowest BCUT2D eigenvalue weighted by Crippen LogP contribution is -2.39. The minimum Gasteiger partial charge on any atom is -0.395 e. The molecule has 3 nitrogen and oxygen atoms in total. The number of fused-ring (bicyclic) bond motifs is 1. The quantitative estimate of drug-likeness (QED) is 0.770. The van der Waals surface area contributed by atoms with Gasteiger partial charge in [-0.15, -0.1) is 8.78 Å². The summed E-state index contributed by atoms with van der Waals surface area (Å²) in [5.41, 5.74) is 1.01. The lowest BCUT2D eigenvalue weighted by molar-refractivity contribution is -0.286. The smallest absolute Gasteiger partial charge is 0.395 e. The molecule has 1 saturated heterocycles. The molecular weight excluding hydrogens is 204 g/mol. The number of alkyl halides is 2. The van der Waals surface area contributed by atoms with Crippen molar-refractivity contribution in [3.63, 3.8) is 0 Å². The first-order valence-corrected chi connectivity index (χ1v) is 4.74. The lowest BCUT2D eigenvalue weighted by atomic mass is 9.93. The third-order valence-corrected chi connectivity index (χ3v) is 2.68. The Morgan fingerprint density at radius 1 is 1.20 bits per heavy atom. The predicted molar refractivity (Wildman–Crippen MR) is 48.3 cm³/mol. The molecule has 0 saturated carbocycles. The fourth-order valence-corrected chi connectivity index (χ4v) is 1.74. The summed E-state index contributed by atoms with van der Waals surface area (Å²) in [7, 11) is 0. The number of rotatable bonds is 1. The standard InChI is InChI=1S/C10H9F2NO2/c11-10(12)14-8-2-1-6(3-9(8)15-10)7-4-13-5-7/h1-3,7,13H,4-5H2. The van der Waals surface area contributed by atoms with Gasteiger partial charge in [0.15, 0.2) is 11.5 Å². The van der Waals surface area contributed by atoms with Crippen molar-refractivity contribution in [1.29, 1.82) is 0 Å². The predicted octanol–water partition coefficient (Wildman–Crippen LogP) is 1.69. The van der Waals surface area contributed by atoms with Crippen molar-refractivity contribution in [2.45, 2.75) is 12.2 Å². The third kappa shape index (κ3) is 1.43. The van der Waals surface area contributed by atoms with E-state index in [-0.39, 0.29) is 11.5 Å². The number of nitrogens with one attached hydrogen (secondary N) is 1. The Hall–Kier alpha value is -1.36. The molecule has 1 fully saturated rings. The molecule has 0 radical (unpaired) electrons. The Bertz CT molecular complexity index is 404. The number of ether oxygens (including phenoxy) is 2. The monoisotopic (exact) mass is 213 g/mol.